The van der Waals surface area contributed by atoms with Crippen molar-refractivity contribution in [3.8, 4) is 0 Å². The second-order valence-corrected chi connectivity index (χ2v) is 2.80. The Hall–Kier alpha value is -0.800. The van der Waals surface area contributed by atoms with Gasteiger partial charge in [-0.3, -0.25) is 5.41 Å². The number of nitrogens with one attached hydrogen (secondary N) is 1. The van der Waals surface area contributed by atoms with Gasteiger partial charge in [-0.25, -0.2) is 4.39 Å². The smallest absolute Gasteiger partial charge is 0.213 e. The van der Waals surface area contributed by atoms with E-state index in [2.05, 4.69) is 0 Å². The molecule has 0 atom stereocenters. The molecule has 0 amide bonds. The van der Waals surface area contributed by atoms with Crippen LogP contribution in [0.25, 0.3) is 0 Å². The zero-order valence-electron chi connectivity index (χ0n) is 7.48. The van der Waals surface area contributed by atoms with Crippen LogP contribution < -0.4 is 12.4 Å². The summed E-state index contributed by atoms with van der Waals surface area (Å²) in [7, 11) is 0. The molecule has 0 aliphatic heterocycles. The molecule has 14 heavy (non-hydrogen) atoms. The molecule has 5 heteroatoms. The third kappa shape index (κ3) is 3.16. The van der Waals surface area contributed by atoms with Crippen LogP contribution in [0.1, 0.15) is 12.5 Å². The largest absolute Gasteiger partial charge is 1.00 e. The van der Waals surface area contributed by atoms with Crippen molar-refractivity contribution in [3.63, 3.8) is 0 Å². The topological polar surface area (TPSA) is 33.1 Å². The van der Waals surface area contributed by atoms with Gasteiger partial charge in [-0.2, -0.15) is 0 Å². The summed E-state index contributed by atoms with van der Waals surface area (Å²) in [4.78, 5) is 0. The van der Waals surface area contributed by atoms with Crippen molar-refractivity contribution < 1.29 is 21.5 Å². The van der Waals surface area contributed by atoms with Gasteiger partial charge < -0.3 is 17.1 Å². The Labute approximate surface area is 92.9 Å². The van der Waals surface area contributed by atoms with Crippen molar-refractivity contribution in [2.24, 2.45) is 0 Å². The maximum Gasteiger partial charge on any atom is 0.213 e. The van der Waals surface area contributed by atoms with Gasteiger partial charge in [-0.05, 0) is 25.1 Å². The van der Waals surface area contributed by atoms with Gasteiger partial charge in [0.25, 0.3) is 0 Å². The molecule has 0 radical (unpaired) electrons. The Morgan fingerprint density at radius 1 is 1.57 bits per heavy atom. The zero-order chi connectivity index (χ0) is 9.84. The fraction of sp³-hybridized carbons (Fsp3) is 0.222. The molecule has 0 aliphatic rings. The first-order chi connectivity index (χ1) is 6.15. The quantitative estimate of drug-likeness (QED) is 0.563. The van der Waals surface area contributed by atoms with Crippen molar-refractivity contribution in [3.05, 3.63) is 34.6 Å². The van der Waals surface area contributed by atoms with E-state index in [1.165, 1.54) is 18.2 Å². The fourth-order valence-electron chi connectivity index (χ4n) is 0.865. The second-order valence-electron chi connectivity index (χ2n) is 2.39. The summed E-state index contributed by atoms with van der Waals surface area (Å²) in [6.45, 7) is 2.19. The summed E-state index contributed by atoms with van der Waals surface area (Å²) in [5.41, 5.74) is 0.480. The van der Waals surface area contributed by atoms with Gasteiger partial charge in [0.2, 0.25) is 5.90 Å². The lowest BCUT2D eigenvalue weighted by Crippen LogP contribution is -3.00. The Morgan fingerprint density at radius 2 is 2.21 bits per heavy atom. The van der Waals surface area contributed by atoms with Gasteiger partial charge in [0.15, 0.2) is 0 Å². The molecule has 0 saturated heterocycles. The molecule has 0 bridgehead atoms. The summed E-state index contributed by atoms with van der Waals surface area (Å²) in [5.74, 6) is -0.487. The average molecular weight is 237 g/mol. The number of benzene rings is 1. The van der Waals surface area contributed by atoms with Crippen LogP contribution in [-0.2, 0) is 4.74 Å². The van der Waals surface area contributed by atoms with E-state index >= 15 is 0 Å². The molecule has 1 rings (SSSR count). The van der Waals surface area contributed by atoms with Crippen molar-refractivity contribution in [1.29, 1.82) is 5.41 Å². The molecule has 0 unspecified atom stereocenters. The molecule has 2 nitrogen and oxygen atoms in total. The number of rotatable bonds is 2. The number of hydrogen-bond acceptors (Lipinski definition) is 2. The van der Waals surface area contributed by atoms with Crippen molar-refractivity contribution in [2.75, 3.05) is 6.61 Å². The minimum atomic E-state index is -0.491. The number of halogens is 3. The molecule has 0 aromatic heterocycles. The van der Waals surface area contributed by atoms with E-state index in [-0.39, 0.29) is 23.3 Å². The Balaban J connectivity index is 0.00000169. The Morgan fingerprint density at radius 3 is 2.71 bits per heavy atom. The highest BCUT2D eigenvalue weighted by Gasteiger charge is 2.05. The van der Waals surface area contributed by atoms with E-state index in [9.17, 15) is 4.39 Å². The second kappa shape index (κ2) is 5.83. The third-order valence-electron chi connectivity index (χ3n) is 1.47. The van der Waals surface area contributed by atoms with Crippen molar-refractivity contribution >= 4 is 17.5 Å². The van der Waals surface area contributed by atoms with Crippen LogP contribution in [-0.4, -0.2) is 12.5 Å². The molecule has 78 valence electrons. The van der Waals surface area contributed by atoms with E-state index in [1.807, 2.05) is 0 Å². The molecule has 1 aromatic carbocycles. The third-order valence-corrected chi connectivity index (χ3v) is 1.76. The highest BCUT2D eigenvalue weighted by atomic mass is 35.5. The summed E-state index contributed by atoms with van der Waals surface area (Å²) in [5, 5.41) is 7.40. The van der Waals surface area contributed by atoms with E-state index in [0.717, 1.165) is 0 Å². The fourth-order valence-corrected chi connectivity index (χ4v) is 1.05. The SMILES string of the molecule is CCOC(=N)c1ccc(F)c(Cl)c1.[Cl-]. The highest BCUT2D eigenvalue weighted by molar-refractivity contribution is 6.31. The highest BCUT2D eigenvalue weighted by Crippen LogP contribution is 2.16. The summed E-state index contributed by atoms with van der Waals surface area (Å²) in [6.07, 6.45) is 0. The van der Waals surface area contributed by atoms with Gasteiger partial charge in [0.05, 0.1) is 11.6 Å². The predicted molar refractivity (Wildman–Crippen MR) is 49.9 cm³/mol. The zero-order valence-corrected chi connectivity index (χ0v) is 8.99. The van der Waals surface area contributed by atoms with Gasteiger partial charge in [0.1, 0.15) is 5.82 Å². The maximum absolute atomic E-state index is 12.7. The molecule has 0 fully saturated rings. The Bertz CT molecular complexity index is 331. The standard InChI is InChI=1S/C9H9ClFNO.ClH/c1-2-13-9(12)6-3-4-8(11)7(10)5-6;/h3-5,12H,2H2,1H3;1H/p-1. The molecular weight excluding hydrogens is 228 g/mol. The van der Waals surface area contributed by atoms with Crippen molar-refractivity contribution in [2.45, 2.75) is 6.92 Å². The monoisotopic (exact) mass is 236 g/mol. The van der Waals surface area contributed by atoms with E-state index in [1.54, 1.807) is 6.92 Å². The summed E-state index contributed by atoms with van der Waals surface area (Å²) < 4.78 is 17.6. The van der Waals surface area contributed by atoms with E-state index in [4.69, 9.17) is 21.7 Å². The van der Waals surface area contributed by atoms with Crippen LogP contribution in [0.3, 0.4) is 0 Å². The molecule has 1 N–H and O–H groups in total. The molecule has 0 aliphatic carbocycles. The van der Waals surface area contributed by atoms with Gasteiger partial charge in [-0.1, -0.05) is 11.6 Å². The van der Waals surface area contributed by atoms with Crippen molar-refractivity contribution in [1.82, 2.24) is 0 Å². The van der Waals surface area contributed by atoms with E-state index in [0.29, 0.717) is 12.2 Å². The normalized spacial score (nSPS) is 9.07. The predicted octanol–water partition coefficient (Wildman–Crippen LogP) is -0.155. The first-order valence-electron chi connectivity index (χ1n) is 3.82. The molecule has 0 spiro atoms. The lowest BCUT2D eigenvalue weighted by atomic mass is 10.2. The first kappa shape index (κ1) is 13.2. The minimum absolute atomic E-state index is 0. The van der Waals surface area contributed by atoms with Crippen LogP contribution in [0.15, 0.2) is 18.2 Å². The van der Waals surface area contributed by atoms with Gasteiger partial charge in [-0.15, -0.1) is 0 Å². The maximum atomic E-state index is 12.7. The van der Waals surface area contributed by atoms with Crippen LogP contribution in [0.4, 0.5) is 4.39 Å². The van der Waals surface area contributed by atoms with Crippen LogP contribution in [0, 0.1) is 11.2 Å². The van der Waals surface area contributed by atoms with Crippen LogP contribution in [0.5, 0.6) is 0 Å². The number of hydrogen-bond donors (Lipinski definition) is 1. The van der Waals surface area contributed by atoms with Crippen LogP contribution in [0.2, 0.25) is 5.02 Å². The Kier molecular flexibility index (Phi) is 5.50. The number of ether oxygens (including phenoxy) is 1. The lowest BCUT2D eigenvalue weighted by molar-refractivity contribution is -0.00000424. The van der Waals surface area contributed by atoms with Gasteiger partial charge in [0, 0.05) is 5.56 Å². The summed E-state index contributed by atoms with van der Waals surface area (Å²) in [6, 6.07) is 4.04. The van der Waals surface area contributed by atoms with Gasteiger partial charge >= 0.3 is 0 Å². The molecule has 0 heterocycles. The minimum Gasteiger partial charge on any atom is -1.00 e. The first-order valence-corrected chi connectivity index (χ1v) is 4.19. The lowest BCUT2D eigenvalue weighted by Gasteiger charge is -2.04. The molecule has 0 saturated carbocycles. The molecule has 1 aromatic rings. The summed E-state index contributed by atoms with van der Waals surface area (Å²) >= 11 is 5.53. The molecular formula is C9H9Cl2FNO-. The van der Waals surface area contributed by atoms with Crippen LogP contribution >= 0.6 is 11.6 Å². The van der Waals surface area contributed by atoms with E-state index < -0.39 is 5.82 Å². The average Bonchev–Trinajstić information content (AvgIpc) is 2.10.